The second-order valence-electron chi connectivity index (χ2n) is 7.84. The van der Waals surface area contributed by atoms with Crippen LogP contribution in [0.25, 0.3) is 22.5 Å². The summed E-state index contributed by atoms with van der Waals surface area (Å²) in [6.07, 6.45) is 3.69. The van der Waals surface area contributed by atoms with E-state index in [0.29, 0.717) is 35.8 Å². The number of amides is 1. The standard InChI is InChI=1S/C23H24N4O3S/c1-15-21-18(12-19(20-8-4-10-30-20)24-22(21)26(2)25-15)23(28)27(13-16-6-3-9-29-16)14-17-7-5-11-31-17/h4-5,7-8,10-12,16H,3,6,9,13-14H2,1-2H3. The second-order valence-corrected chi connectivity index (χ2v) is 8.87. The van der Waals surface area contributed by atoms with Crippen molar-refractivity contribution < 1.29 is 13.9 Å². The zero-order chi connectivity index (χ0) is 21.4. The van der Waals surface area contributed by atoms with Gasteiger partial charge in [0.05, 0.1) is 35.6 Å². The monoisotopic (exact) mass is 436 g/mol. The first-order valence-corrected chi connectivity index (χ1v) is 11.3. The number of carbonyl (C=O) groups excluding carboxylic acids is 1. The van der Waals surface area contributed by atoms with Crippen LogP contribution >= 0.6 is 11.3 Å². The molecule has 5 rings (SSSR count). The van der Waals surface area contributed by atoms with Crippen LogP contribution in [-0.2, 0) is 18.3 Å². The number of ether oxygens (including phenoxy) is 1. The molecule has 0 spiro atoms. The Balaban J connectivity index is 1.59. The van der Waals surface area contributed by atoms with Gasteiger partial charge in [-0.25, -0.2) is 4.98 Å². The Morgan fingerprint density at radius 1 is 1.35 bits per heavy atom. The van der Waals surface area contributed by atoms with Gasteiger partial charge >= 0.3 is 0 Å². The number of carbonyl (C=O) groups is 1. The number of rotatable bonds is 6. The molecule has 1 aliphatic heterocycles. The molecule has 0 bridgehead atoms. The third-order valence-electron chi connectivity index (χ3n) is 5.63. The zero-order valence-corrected chi connectivity index (χ0v) is 18.4. The van der Waals surface area contributed by atoms with Crippen LogP contribution in [0, 0.1) is 6.92 Å². The van der Waals surface area contributed by atoms with Gasteiger partial charge < -0.3 is 14.1 Å². The van der Waals surface area contributed by atoms with Crippen molar-refractivity contribution in [2.24, 2.45) is 7.05 Å². The first kappa shape index (κ1) is 20.0. The molecule has 0 N–H and O–H groups in total. The fourth-order valence-electron chi connectivity index (χ4n) is 4.18. The number of furan rings is 1. The van der Waals surface area contributed by atoms with Gasteiger partial charge in [-0.15, -0.1) is 11.3 Å². The zero-order valence-electron chi connectivity index (χ0n) is 17.6. The number of hydrogen-bond donors (Lipinski definition) is 0. The summed E-state index contributed by atoms with van der Waals surface area (Å²) in [4.78, 5) is 21.7. The molecule has 4 aromatic rings. The van der Waals surface area contributed by atoms with E-state index in [0.717, 1.165) is 35.4 Å². The molecule has 1 amide bonds. The Morgan fingerprint density at radius 3 is 2.97 bits per heavy atom. The fraction of sp³-hybridized carbons (Fsp3) is 0.348. The van der Waals surface area contributed by atoms with E-state index in [1.54, 1.807) is 22.3 Å². The first-order chi connectivity index (χ1) is 15.1. The maximum atomic E-state index is 13.9. The molecule has 1 aliphatic rings. The maximum absolute atomic E-state index is 13.9. The van der Waals surface area contributed by atoms with Gasteiger partial charge in [0.25, 0.3) is 5.91 Å². The van der Waals surface area contributed by atoms with Crippen molar-refractivity contribution in [2.45, 2.75) is 32.4 Å². The summed E-state index contributed by atoms with van der Waals surface area (Å²) in [6.45, 7) is 3.79. The summed E-state index contributed by atoms with van der Waals surface area (Å²) in [5.74, 6) is 0.582. The lowest BCUT2D eigenvalue weighted by molar-refractivity contribution is 0.0511. The van der Waals surface area contributed by atoms with Gasteiger partial charge in [0.1, 0.15) is 5.69 Å². The molecule has 160 valence electrons. The van der Waals surface area contributed by atoms with E-state index in [9.17, 15) is 4.79 Å². The van der Waals surface area contributed by atoms with Gasteiger partial charge in [0, 0.05) is 25.1 Å². The highest BCUT2D eigenvalue weighted by atomic mass is 32.1. The number of pyridine rings is 1. The molecule has 0 aliphatic carbocycles. The van der Waals surface area contributed by atoms with E-state index < -0.39 is 0 Å². The number of thiophene rings is 1. The van der Waals surface area contributed by atoms with Crippen molar-refractivity contribution in [3.05, 3.63) is 58.1 Å². The molecule has 0 saturated carbocycles. The van der Waals surface area contributed by atoms with Crippen LogP contribution in [0.3, 0.4) is 0 Å². The minimum absolute atomic E-state index is 0.0415. The largest absolute Gasteiger partial charge is 0.463 e. The Hall–Kier alpha value is -2.97. The highest BCUT2D eigenvalue weighted by Crippen LogP contribution is 2.29. The summed E-state index contributed by atoms with van der Waals surface area (Å²) in [6, 6.07) is 9.57. The smallest absolute Gasteiger partial charge is 0.255 e. The normalized spacial score (nSPS) is 16.3. The van der Waals surface area contributed by atoms with Crippen molar-refractivity contribution in [1.29, 1.82) is 0 Å². The van der Waals surface area contributed by atoms with Gasteiger partial charge in [-0.1, -0.05) is 6.07 Å². The van der Waals surface area contributed by atoms with E-state index in [1.807, 2.05) is 48.5 Å². The summed E-state index contributed by atoms with van der Waals surface area (Å²) in [5.41, 5.74) is 2.67. The molecule has 8 heteroatoms. The molecule has 31 heavy (non-hydrogen) atoms. The van der Waals surface area contributed by atoms with E-state index >= 15 is 0 Å². The molecule has 1 saturated heterocycles. The van der Waals surface area contributed by atoms with E-state index in [4.69, 9.17) is 14.1 Å². The predicted octanol–water partition coefficient (Wildman–Crippen LogP) is 4.42. The van der Waals surface area contributed by atoms with E-state index in [1.165, 1.54) is 0 Å². The summed E-state index contributed by atoms with van der Waals surface area (Å²) in [7, 11) is 1.85. The molecule has 1 atom stereocenters. The number of fused-ring (bicyclic) bond motifs is 1. The van der Waals surface area contributed by atoms with Gasteiger partial charge in [0.15, 0.2) is 11.4 Å². The van der Waals surface area contributed by atoms with Gasteiger partial charge in [-0.05, 0) is 49.4 Å². The molecule has 5 heterocycles. The molecule has 1 unspecified atom stereocenters. The third kappa shape index (κ3) is 3.88. The maximum Gasteiger partial charge on any atom is 0.255 e. The SMILES string of the molecule is Cc1nn(C)c2nc(-c3ccco3)cc(C(=O)N(Cc3cccs3)CC3CCCO3)c12. The lowest BCUT2D eigenvalue weighted by atomic mass is 10.1. The highest BCUT2D eigenvalue weighted by Gasteiger charge is 2.27. The molecule has 4 aromatic heterocycles. The van der Waals surface area contributed by atoms with Gasteiger partial charge in [-0.3, -0.25) is 9.48 Å². The lowest BCUT2D eigenvalue weighted by Crippen LogP contribution is -2.37. The molecule has 0 radical (unpaired) electrons. The van der Waals surface area contributed by atoms with Gasteiger partial charge in [-0.2, -0.15) is 5.10 Å². The molecule has 7 nitrogen and oxygen atoms in total. The van der Waals surface area contributed by atoms with E-state index in [-0.39, 0.29) is 12.0 Å². The third-order valence-corrected chi connectivity index (χ3v) is 6.50. The van der Waals surface area contributed by atoms with Crippen LogP contribution < -0.4 is 0 Å². The van der Waals surface area contributed by atoms with Crippen molar-refractivity contribution in [2.75, 3.05) is 13.2 Å². The number of aromatic nitrogens is 3. The van der Waals surface area contributed by atoms with Crippen LogP contribution in [0.4, 0.5) is 0 Å². The Labute approximate surface area is 184 Å². The minimum Gasteiger partial charge on any atom is -0.463 e. The lowest BCUT2D eigenvalue weighted by Gasteiger charge is -2.25. The van der Waals surface area contributed by atoms with Crippen molar-refractivity contribution in [1.82, 2.24) is 19.7 Å². The van der Waals surface area contributed by atoms with Crippen LogP contribution in [-0.4, -0.2) is 44.8 Å². The Kier molecular flexibility index (Phi) is 5.33. The number of nitrogens with zero attached hydrogens (tertiary/aromatic N) is 4. The summed E-state index contributed by atoms with van der Waals surface area (Å²) >= 11 is 1.66. The Bertz CT molecular complexity index is 1190. The molecular weight excluding hydrogens is 412 g/mol. The fourth-order valence-corrected chi connectivity index (χ4v) is 4.90. The molecule has 1 fully saturated rings. The average Bonchev–Trinajstić information content (AvgIpc) is 3.56. The van der Waals surface area contributed by atoms with Crippen LogP contribution in [0.1, 0.15) is 33.8 Å². The van der Waals surface area contributed by atoms with Crippen LogP contribution in [0.15, 0.2) is 46.4 Å². The first-order valence-electron chi connectivity index (χ1n) is 10.4. The Morgan fingerprint density at radius 2 is 2.26 bits per heavy atom. The predicted molar refractivity (Wildman–Crippen MR) is 119 cm³/mol. The molecular formula is C23H24N4O3S. The van der Waals surface area contributed by atoms with Gasteiger partial charge in [0.2, 0.25) is 0 Å². The second kappa shape index (κ2) is 8.28. The number of hydrogen-bond acceptors (Lipinski definition) is 6. The number of aryl methyl sites for hydroxylation is 2. The minimum atomic E-state index is -0.0415. The topological polar surface area (TPSA) is 73.4 Å². The average molecular weight is 437 g/mol. The van der Waals surface area contributed by atoms with Crippen LogP contribution in [0.2, 0.25) is 0 Å². The molecule has 0 aromatic carbocycles. The quantitative estimate of drug-likeness (QED) is 0.447. The van der Waals surface area contributed by atoms with Crippen molar-refractivity contribution in [3.8, 4) is 11.5 Å². The highest BCUT2D eigenvalue weighted by molar-refractivity contribution is 7.09. The van der Waals surface area contributed by atoms with Crippen molar-refractivity contribution in [3.63, 3.8) is 0 Å². The van der Waals surface area contributed by atoms with E-state index in [2.05, 4.69) is 11.2 Å². The van der Waals surface area contributed by atoms with Crippen LogP contribution in [0.5, 0.6) is 0 Å². The van der Waals surface area contributed by atoms with Crippen molar-refractivity contribution >= 4 is 28.3 Å². The summed E-state index contributed by atoms with van der Waals surface area (Å²) in [5, 5.41) is 7.34. The summed E-state index contributed by atoms with van der Waals surface area (Å²) < 4.78 is 13.1.